The van der Waals surface area contributed by atoms with E-state index in [-0.39, 0.29) is 66.8 Å². The Bertz CT molecular complexity index is 1190. The summed E-state index contributed by atoms with van der Waals surface area (Å²) in [6.45, 7) is 2.73. The highest BCUT2D eigenvalue weighted by Crippen LogP contribution is 2.33. The van der Waals surface area contributed by atoms with Gasteiger partial charge in [0.2, 0.25) is 17.7 Å². The fourth-order valence-electron chi connectivity index (χ4n) is 6.60. The lowest BCUT2D eigenvalue weighted by molar-refractivity contribution is -0.145. The van der Waals surface area contributed by atoms with Gasteiger partial charge in [0.05, 0.1) is 12.0 Å². The highest BCUT2D eigenvalue weighted by atomic mass is 16.6. The summed E-state index contributed by atoms with van der Waals surface area (Å²) in [5, 5.41) is 8.79. The predicted octanol–water partition coefficient (Wildman–Crippen LogP) is 1.11. The topological polar surface area (TPSA) is 137 Å². The molecular formula is C30H41N5O6. The van der Waals surface area contributed by atoms with Crippen LogP contribution in [-0.4, -0.2) is 89.8 Å². The molecule has 1 aromatic rings. The van der Waals surface area contributed by atoms with E-state index in [1.54, 1.807) is 42.0 Å². The second-order valence-electron chi connectivity index (χ2n) is 11.7. The number of esters is 1. The molecule has 0 radical (unpaired) electrons. The molecule has 6 atom stereocenters. The van der Waals surface area contributed by atoms with Gasteiger partial charge in [0, 0.05) is 44.1 Å². The third kappa shape index (κ3) is 6.24. The van der Waals surface area contributed by atoms with E-state index in [0.29, 0.717) is 37.8 Å². The number of nitrogens with zero attached hydrogens (tertiary/aromatic N) is 2. The van der Waals surface area contributed by atoms with Crippen molar-refractivity contribution >= 4 is 29.6 Å². The van der Waals surface area contributed by atoms with Gasteiger partial charge in [-0.15, -0.1) is 0 Å². The number of fused-ring (bicyclic) bond motifs is 3. The summed E-state index contributed by atoms with van der Waals surface area (Å²) >= 11 is 0. The smallest absolute Gasteiger partial charge is 0.329 e. The Labute approximate surface area is 240 Å². The Hall–Kier alpha value is -3.47. The number of nitrogens with one attached hydrogen (secondary N) is 3. The summed E-state index contributed by atoms with van der Waals surface area (Å²) in [6, 6.07) is 5.68. The van der Waals surface area contributed by atoms with Gasteiger partial charge < -0.3 is 30.5 Å². The van der Waals surface area contributed by atoms with Crippen LogP contribution in [0, 0.1) is 5.92 Å². The zero-order valence-electron chi connectivity index (χ0n) is 23.9. The molecule has 0 aromatic heterocycles. The number of likely N-dealkylation sites (N-methyl/N-ethyl adjacent to an activating group) is 1. The fourth-order valence-corrected chi connectivity index (χ4v) is 6.60. The summed E-state index contributed by atoms with van der Waals surface area (Å²) in [5.74, 6) is -1.33. The van der Waals surface area contributed by atoms with Gasteiger partial charge in [0.25, 0.3) is 5.91 Å². The average molecular weight is 568 g/mol. The van der Waals surface area contributed by atoms with Crippen LogP contribution in [-0.2, 0) is 30.5 Å². The van der Waals surface area contributed by atoms with Crippen LogP contribution in [0.3, 0.4) is 0 Å². The standard InChI is InChI=1S/C30H41N5O6/c1-18(31-2)26(36)33-17-21-7-3-4-9-22-10-11-24(35(22)29(21)39)27(37)32-16-19-6-5-8-20(14-19)28(38)34-13-12-23-15-25(34)30(40)41-23/h5-6,8,14,18,21-25,31H,3-4,7,9-13,15-17H2,1-2H3,(H,32,37)(H,33,36)/t18-,21+,22-,23?,24?,25?/m0/s1. The normalized spacial score (nSPS) is 28.3. The number of rotatable bonds is 8. The first-order valence-electron chi connectivity index (χ1n) is 14.9. The van der Waals surface area contributed by atoms with E-state index in [4.69, 9.17) is 4.74 Å². The van der Waals surface area contributed by atoms with Crippen molar-refractivity contribution in [2.24, 2.45) is 5.92 Å². The number of hydrogen-bond donors (Lipinski definition) is 3. The Balaban J connectivity index is 1.21. The quantitative estimate of drug-likeness (QED) is 0.400. The molecule has 0 spiro atoms. The molecule has 2 bridgehead atoms. The second-order valence-corrected chi connectivity index (χ2v) is 11.7. The van der Waals surface area contributed by atoms with Crippen LogP contribution in [0.25, 0.3) is 0 Å². The van der Waals surface area contributed by atoms with Crippen molar-refractivity contribution in [1.82, 2.24) is 25.8 Å². The van der Waals surface area contributed by atoms with E-state index in [2.05, 4.69) is 16.0 Å². The van der Waals surface area contributed by atoms with Crippen LogP contribution < -0.4 is 16.0 Å². The minimum absolute atomic E-state index is 0.0281. The van der Waals surface area contributed by atoms with Crippen LogP contribution in [0.5, 0.6) is 0 Å². The maximum atomic E-state index is 13.7. The molecule has 4 amide bonds. The summed E-state index contributed by atoms with van der Waals surface area (Å²) in [6.07, 6.45) is 5.94. The average Bonchev–Trinajstić information content (AvgIpc) is 3.53. The Kier molecular flexibility index (Phi) is 8.91. The zero-order chi connectivity index (χ0) is 29.1. The number of amides is 4. The monoisotopic (exact) mass is 567 g/mol. The molecule has 3 unspecified atom stereocenters. The van der Waals surface area contributed by atoms with Crippen molar-refractivity contribution < 1.29 is 28.7 Å². The van der Waals surface area contributed by atoms with Crippen LogP contribution in [0.1, 0.15) is 74.2 Å². The Morgan fingerprint density at radius 3 is 2.66 bits per heavy atom. The van der Waals surface area contributed by atoms with Gasteiger partial charge in [-0.3, -0.25) is 19.2 Å². The van der Waals surface area contributed by atoms with Crippen LogP contribution in [0.15, 0.2) is 24.3 Å². The lowest BCUT2D eigenvalue weighted by Gasteiger charge is -2.35. The summed E-state index contributed by atoms with van der Waals surface area (Å²) in [4.78, 5) is 68.1. The summed E-state index contributed by atoms with van der Waals surface area (Å²) in [5.41, 5.74) is 1.23. The number of carbonyl (C=O) groups is 5. The van der Waals surface area contributed by atoms with Gasteiger partial charge in [0.15, 0.2) is 0 Å². The van der Waals surface area contributed by atoms with E-state index in [1.807, 2.05) is 6.07 Å². The van der Waals surface area contributed by atoms with Crippen molar-refractivity contribution in [3.8, 4) is 0 Å². The molecular weight excluding hydrogens is 526 g/mol. The molecule has 0 saturated carbocycles. The highest BCUT2D eigenvalue weighted by Gasteiger charge is 2.45. The molecule has 222 valence electrons. The van der Waals surface area contributed by atoms with Crippen molar-refractivity contribution in [3.05, 3.63) is 35.4 Å². The number of piperidine rings is 1. The van der Waals surface area contributed by atoms with Crippen molar-refractivity contribution in [1.29, 1.82) is 0 Å². The predicted molar refractivity (Wildman–Crippen MR) is 149 cm³/mol. The number of carbonyl (C=O) groups excluding carboxylic acids is 5. The molecule has 0 aliphatic carbocycles. The number of benzene rings is 1. The minimum atomic E-state index is -0.556. The van der Waals surface area contributed by atoms with Gasteiger partial charge in [-0.25, -0.2) is 4.79 Å². The maximum Gasteiger partial charge on any atom is 0.329 e. The lowest BCUT2D eigenvalue weighted by Crippen LogP contribution is -2.53. The Morgan fingerprint density at radius 1 is 1.05 bits per heavy atom. The first-order valence-corrected chi connectivity index (χ1v) is 14.9. The van der Waals surface area contributed by atoms with Gasteiger partial charge in [0.1, 0.15) is 18.2 Å². The first-order chi connectivity index (χ1) is 19.8. The van der Waals surface area contributed by atoms with Gasteiger partial charge in [-0.05, 0) is 57.4 Å². The Morgan fingerprint density at radius 2 is 1.85 bits per heavy atom. The molecule has 11 nitrogen and oxygen atoms in total. The highest BCUT2D eigenvalue weighted by molar-refractivity contribution is 5.97. The van der Waals surface area contributed by atoms with Gasteiger partial charge >= 0.3 is 5.97 Å². The third-order valence-corrected chi connectivity index (χ3v) is 9.11. The molecule has 41 heavy (non-hydrogen) atoms. The molecule has 5 rings (SSSR count). The van der Waals surface area contributed by atoms with Crippen LogP contribution >= 0.6 is 0 Å². The maximum absolute atomic E-state index is 13.7. The van der Waals surface area contributed by atoms with E-state index in [0.717, 1.165) is 31.2 Å². The molecule has 4 fully saturated rings. The second kappa shape index (κ2) is 12.6. The lowest BCUT2D eigenvalue weighted by atomic mass is 9.94. The van der Waals surface area contributed by atoms with Crippen LogP contribution in [0.2, 0.25) is 0 Å². The SMILES string of the molecule is CN[C@@H](C)C(=O)NC[C@H]1CCCC[C@H]2CCC(C(=O)NCc3cccc(C(=O)N4CCC5CC4C(=O)O5)c3)N2C1=O. The van der Waals surface area contributed by atoms with Crippen LogP contribution in [0.4, 0.5) is 0 Å². The van der Waals surface area contributed by atoms with E-state index < -0.39 is 12.1 Å². The minimum Gasteiger partial charge on any atom is -0.461 e. The van der Waals surface area contributed by atoms with Gasteiger partial charge in [-0.1, -0.05) is 25.0 Å². The number of hydrogen-bond acceptors (Lipinski definition) is 7. The van der Waals surface area contributed by atoms with Crippen molar-refractivity contribution in [2.75, 3.05) is 20.1 Å². The molecule has 4 aliphatic heterocycles. The molecule has 4 saturated heterocycles. The number of ether oxygens (including phenoxy) is 1. The van der Waals surface area contributed by atoms with E-state index in [9.17, 15) is 24.0 Å². The third-order valence-electron chi connectivity index (χ3n) is 9.11. The number of likely N-dealkylation sites (tertiary alicyclic amines) is 1. The molecule has 4 aliphatic rings. The zero-order valence-corrected chi connectivity index (χ0v) is 23.9. The van der Waals surface area contributed by atoms with E-state index in [1.165, 1.54) is 0 Å². The van der Waals surface area contributed by atoms with Crippen molar-refractivity contribution in [3.63, 3.8) is 0 Å². The molecule has 1 aromatic carbocycles. The fraction of sp³-hybridized carbons (Fsp3) is 0.633. The largest absolute Gasteiger partial charge is 0.461 e. The van der Waals surface area contributed by atoms with Crippen molar-refractivity contribution in [2.45, 2.75) is 95.1 Å². The molecule has 4 heterocycles. The molecule has 3 N–H and O–H groups in total. The molecule has 11 heteroatoms. The van der Waals surface area contributed by atoms with Gasteiger partial charge in [-0.2, -0.15) is 0 Å². The summed E-state index contributed by atoms with van der Waals surface area (Å²) in [7, 11) is 1.72. The first kappa shape index (κ1) is 29.0. The summed E-state index contributed by atoms with van der Waals surface area (Å²) < 4.78 is 5.31. The van der Waals surface area contributed by atoms with E-state index >= 15 is 0 Å².